The summed E-state index contributed by atoms with van der Waals surface area (Å²) in [6.07, 6.45) is 46.8. The van der Waals surface area contributed by atoms with Crippen molar-refractivity contribution in [2.45, 2.75) is 161 Å². The van der Waals surface area contributed by atoms with E-state index in [-0.39, 0.29) is 26.1 Å². The standard InChI is InChI=1S/C46H80NO8P/c1-6-8-10-12-14-16-18-20-21-22-23-24-25-27-29-31-33-35-37-39-46(49)55-44(43-54-56(50,51)53-41-40-47(3,4)5)42-52-45(48)38-36-34-32-30-28-26-19-17-15-13-11-9-7-2/h14,16-17,19-21,23-24,27,29,33,35,44H,6-13,15,18,22,25-26,28,30-32,34,36-43H2,1-5H3/p+1/b16-14-,19-17-,21-20-,24-23-,29-27-,35-33-/t44-/m1/s1. The lowest BCUT2D eigenvalue weighted by atomic mass is 10.1. The Bertz CT molecular complexity index is 1180. The zero-order valence-corrected chi connectivity index (χ0v) is 37.0. The Kier molecular flexibility index (Phi) is 36.3. The number of phosphoric ester groups is 1. The topological polar surface area (TPSA) is 108 Å². The number of likely N-dealkylation sites (N-methyl/N-ethyl adjacent to an activating group) is 1. The first-order valence-corrected chi connectivity index (χ1v) is 23.2. The highest BCUT2D eigenvalue weighted by Gasteiger charge is 2.27. The Morgan fingerprint density at radius 3 is 1.55 bits per heavy atom. The lowest BCUT2D eigenvalue weighted by Gasteiger charge is -2.24. The summed E-state index contributed by atoms with van der Waals surface area (Å²) in [4.78, 5) is 35.3. The van der Waals surface area contributed by atoms with Crippen LogP contribution in [0.15, 0.2) is 72.9 Å². The molecule has 0 spiro atoms. The van der Waals surface area contributed by atoms with E-state index in [4.69, 9.17) is 18.5 Å². The second-order valence-electron chi connectivity index (χ2n) is 15.4. The van der Waals surface area contributed by atoms with E-state index in [1.54, 1.807) is 0 Å². The summed E-state index contributed by atoms with van der Waals surface area (Å²) < 4.78 is 34.2. The van der Waals surface area contributed by atoms with Gasteiger partial charge in [-0.15, -0.1) is 0 Å². The summed E-state index contributed by atoms with van der Waals surface area (Å²) in [6, 6.07) is 0. The van der Waals surface area contributed by atoms with E-state index in [2.05, 4.69) is 74.6 Å². The van der Waals surface area contributed by atoms with E-state index >= 15 is 0 Å². The van der Waals surface area contributed by atoms with Gasteiger partial charge < -0.3 is 18.9 Å². The van der Waals surface area contributed by atoms with Crippen molar-refractivity contribution < 1.29 is 42.1 Å². The summed E-state index contributed by atoms with van der Waals surface area (Å²) in [5.41, 5.74) is 0. The van der Waals surface area contributed by atoms with Gasteiger partial charge in [-0.2, -0.15) is 0 Å². The van der Waals surface area contributed by atoms with Crippen molar-refractivity contribution in [1.82, 2.24) is 0 Å². The first-order chi connectivity index (χ1) is 27.0. The number of carbonyl (C=O) groups is 2. The van der Waals surface area contributed by atoms with Crippen LogP contribution in [0.25, 0.3) is 0 Å². The van der Waals surface area contributed by atoms with Gasteiger partial charge in [-0.05, 0) is 77.0 Å². The number of quaternary nitrogens is 1. The van der Waals surface area contributed by atoms with Crippen molar-refractivity contribution in [1.29, 1.82) is 0 Å². The van der Waals surface area contributed by atoms with Crippen molar-refractivity contribution >= 4 is 19.8 Å². The molecule has 0 fully saturated rings. The molecular weight excluding hydrogens is 725 g/mol. The zero-order valence-electron chi connectivity index (χ0n) is 36.1. The Hall–Kier alpha value is -2.55. The van der Waals surface area contributed by atoms with Crippen LogP contribution in [0.4, 0.5) is 0 Å². The number of esters is 2. The number of unbranched alkanes of at least 4 members (excludes halogenated alkanes) is 12. The number of rotatable bonds is 38. The van der Waals surface area contributed by atoms with Gasteiger partial charge in [0.2, 0.25) is 0 Å². The van der Waals surface area contributed by atoms with E-state index in [9.17, 15) is 19.0 Å². The van der Waals surface area contributed by atoms with E-state index in [1.807, 2.05) is 33.3 Å². The predicted octanol–water partition coefficient (Wildman–Crippen LogP) is 12.2. The van der Waals surface area contributed by atoms with Gasteiger partial charge in [0.25, 0.3) is 0 Å². The van der Waals surface area contributed by atoms with E-state index in [1.165, 1.54) is 57.8 Å². The fraction of sp³-hybridized carbons (Fsp3) is 0.696. The van der Waals surface area contributed by atoms with Gasteiger partial charge in [0.05, 0.1) is 27.7 Å². The number of carbonyl (C=O) groups excluding carboxylic acids is 2. The lowest BCUT2D eigenvalue weighted by molar-refractivity contribution is -0.870. The fourth-order valence-electron chi connectivity index (χ4n) is 5.28. The van der Waals surface area contributed by atoms with E-state index in [0.29, 0.717) is 23.9 Å². The largest absolute Gasteiger partial charge is 0.472 e. The van der Waals surface area contributed by atoms with Crippen LogP contribution in [-0.4, -0.2) is 74.9 Å². The molecule has 0 aliphatic carbocycles. The first kappa shape index (κ1) is 53.5. The summed E-state index contributed by atoms with van der Waals surface area (Å²) in [6.45, 7) is 4.26. The second-order valence-corrected chi connectivity index (χ2v) is 16.8. The molecule has 1 N–H and O–H groups in total. The van der Waals surface area contributed by atoms with Gasteiger partial charge in [-0.1, -0.05) is 138 Å². The second kappa shape index (κ2) is 38.0. The summed E-state index contributed by atoms with van der Waals surface area (Å²) in [5, 5.41) is 0. The number of allylic oxidation sites excluding steroid dienone is 12. The minimum absolute atomic E-state index is 0.0138. The molecule has 0 rings (SSSR count). The minimum Gasteiger partial charge on any atom is -0.462 e. The summed E-state index contributed by atoms with van der Waals surface area (Å²) in [5.74, 6) is -0.912. The van der Waals surface area contributed by atoms with Crippen molar-refractivity contribution in [3.63, 3.8) is 0 Å². The maximum Gasteiger partial charge on any atom is 0.472 e. The van der Waals surface area contributed by atoms with Crippen LogP contribution in [-0.2, 0) is 32.7 Å². The molecule has 0 aliphatic rings. The van der Waals surface area contributed by atoms with Gasteiger partial charge in [-0.25, -0.2) is 4.57 Å². The molecule has 0 aliphatic heterocycles. The highest BCUT2D eigenvalue weighted by molar-refractivity contribution is 7.47. The van der Waals surface area contributed by atoms with Gasteiger partial charge >= 0.3 is 19.8 Å². The van der Waals surface area contributed by atoms with Crippen LogP contribution in [0.3, 0.4) is 0 Å². The van der Waals surface area contributed by atoms with Crippen molar-refractivity contribution in [3.05, 3.63) is 72.9 Å². The maximum atomic E-state index is 12.6. The van der Waals surface area contributed by atoms with Crippen LogP contribution in [0.1, 0.15) is 155 Å². The quantitative estimate of drug-likeness (QED) is 0.0216. The smallest absolute Gasteiger partial charge is 0.462 e. The third-order valence-electron chi connectivity index (χ3n) is 8.72. The molecule has 0 radical (unpaired) electrons. The molecule has 2 atom stereocenters. The molecule has 56 heavy (non-hydrogen) atoms. The molecule has 0 heterocycles. The predicted molar refractivity (Wildman–Crippen MR) is 233 cm³/mol. The molecule has 1 unspecified atom stereocenters. The van der Waals surface area contributed by atoms with Gasteiger partial charge in [0.1, 0.15) is 19.8 Å². The summed E-state index contributed by atoms with van der Waals surface area (Å²) in [7, 11) is 1.42. The maximum absolute atomic E-state index is 12.6. The van der Waals surface area contributed by atoms with Crippen LogP contribution >= 0.6 is 7.82 Å². The Labute approximate surface area is 342 Å². The van der Waals surface area contributed by atoms with Gasteiger partial charge in [0, 0.05) is 12.8 Å². The normalized spacial score (nSPS) is 14.3. The molecule has 0 aromatic carbocycles. The third kappa shape index (κ3) is 41.1. The van der Waals surface area contributed by atoms with E-state index in [0.717, 1.165) is 57.8 Å². The number of ether oxygens (including phenoxy) is 2. The van der Waals surface area contributed by atoms with Crippen LogP contribution < -0.4 is 0 Å². The SMILES string of the molecule is CCCCC/C=C\C/C=C\C/C=C\C/C=C\C/C=C\CCC(=O)O[C@H](COC(=O)CCCCCCC/C=C\CCCCCC)COP(=O)(O)OCC[N+](C)(C)C. The number of nitrogens with zero attached hydrogens (tertiary/aromatic N) is 1. The summed E-state index contributed by atoms with van der Waals surface area (Å²) >= 11 is 0. The molecule has 0 aromatic rings. The van der Waals surface area contributed by atoms with Gasteiger partial charge in [-0.3, -0.25) is 18.6 Å². The Morgan fingerprint density at radius 2 is 1.00 bits per heavy atom. The molecule has 322 valence electrons. The molecule has 0 saturated carbocycles. The number of phosphoric acid groups is 1. The molecule has 0 bridgehead atoms. The molecular formula is C46H81NO8P+. The fourth-order valence-corrected chi connectivity index (χ4v) is 6.02. The van der Waals surface area contributed by atoms with Gasteiger partial charge in [0.15, 0.2) is 6.10 Å². The number of hydrogen-bond acceptors (Lipinski definition) is 7. The average Bonchev–Trinajstić information content (AvgIpc) is 3.15. The average molecular weight is 807 g/mol. The Balaban J connectivity index is 4.53. The van der Waals surface area contributed by atoms with Crippen LogP contribution in [0.5, 0.6) is 0 Å². The Morgan fingerprint density at radius 1 is 0.554 bits per heavy atom. The van der Waals surface area contributed by atoms with E-state index < -0.39 is 32.5 Å². The zero-order chi connectivity index (χ0) is 41.4. The van der Waals surface area contributed by atoms with Crippen molar-refractivity contribution in [3.8, 4) is 0 Å². The lowest BCUT2D eigenvalue weighted by Crippen LogP contribution is -2.37. The third-order valence-corrected chi connectivity index (χ3v) is 9.71. The van der Waals surface area contributed by atoms with Crippen molar-refractivity contribution in [2.75, 3.05) is 47.5 Å². The first-order valence-electron chi connectivity index (χ1n) is 21.7. The molecule has 0 aromatic heterocycles. The van der Waals surface area contributed by atoms with Crippen LogP contribution in [0, 0.1) is 0 Å². The monoisotopic (exact) mass is 807 g/mol. The molecule has 0 amide bonds. The molecule has 0 saturated heterocycles. The molecule has 10 heteroatoms. The van der Waals surface area contributed by atoms with Crippen LogP contribution in [0.2, 0.25) is 0 Å². The highest BCUT2D eigenvalue weighted by Crippen LogP contribution is 2.43. The minimum atomic E-state index is -4.40. The van der Waals surface area contributed by atoms with Crippen molar-refractivity contribution in [2.24, 2.45) is 0 Å². The molecule has 9 nitrogen and oxygen atoms in total. The number of hydrogen-bond donors (Lipinski definition) is 1. The highest BCUT2D eigenvalue weighted by atomic mass is 31.2.